The summed E-state index contributed by atoms with van der Waals surface area (Å²) in [6.45, 7) is 0. The molecule has 0 radical (unpaired) electrons. The lowest BCUT2D eigenvalue weighted by atomic mass is 10.0. The number of allylic oxidation sites excluding steroid dienone is 4. The maximum Gasteiger partial charge on any atom is 0.382 e. The Hall–Kier alpha value is -2.71. The normalized spacial score (nSPS) is 12.7. The Morgan fingerprint density at radius 2 is 1.34 bits per heavy atom. The molecule has 0 fully saturated rings. The Bertz CT molecular complexity index is 777. The molecule has 0 rings (SSSR count). The van der Waals surface area contributed by atoms with Crippen LogP contribution < -0.4 is 0 Å². The van der Waals surface area contributed by atoms with E-state index in [2.05, 4.69) is 29.6 Å². The number of carbonyl (C=O) groups is 1. The van der Waals surface area contributed by atoms with E-state index in [-0.39, 0.29) is 0 Å². The highest BCUT2D eigenvalue weighted by Crippen LogP contribution is 2.12. The Labute approximate surface area is 213 Å². The standard InChI is InChI=1S/C31H44O4/c1-2-29(32)25-21-17-13-10-8-11-15-19-23-27-30(33)26-22-18-14-9-6-4-3-5-7-12-16-20-24-28-31(34)35/h1,16,20-21,23,25,27,29-30,32-33H,3-14,17-18,22,26H2,(H,34,35). The smallest absolute Gasteiger partial charge is 0.382 e. The average Bonchev–Trinajstić information content (AvgIpc) is 2.84. The first kappa shape index (κ1) is 32.3. The third-order valence-corrected chi connectivity index (χ3v) is 5.42. The highest BCUT2D eigenvalue weighted by Gasteiger charge is 1.98. The minimum absolute atomic E-state index is 0.404. The molecule has 0 spiro atoms. The summed E-state index contributed by atoms with van der Waals surface area (Å²) in [7, 11) is 0. The van der Waals surface area contributed by atoms with Crippen molar-refractivity contribution in [3.63, 3.8) is 0 Å². The summed E-state index contributed by atoms with van der Waals surface area (Å²) in [6, 6.07) is 0. The zero-order valence-corrected chi connectivity index (χ0v) is 21.3. The fourth-order valence-electron chi connectivity index (χ4n) is 3.42. The number of aliphatic carboxylic acids is 1. The molecule has 0 amide bonds. The predicted octanol–water partition coefficient (Wildman–Crippen LogP) is 6.34. The van der Waals surface area contributed by atoms with Crippen LogP contribution in [0.5, 0.6) is 0 Å². The van der Waals surface area contributed by atoms with Gasteiger partial charge in [0.1, 0.15) is 6.10 Å². The van der Waals surface area contributed by atoms with E-state index < -0.39 is 18.2 Å². The van der Waals surface area contributed by atoms with Gasteiger partial charge in [0.15, 0.2) is 0 Å². The van der Waals surface area contributed by atoms with Crippen molar-refractivity contribution in [2.75, 3.05) is 0 Å². The van der Waals surface area contributed by atoms with E-state index in [0.717, 1.165) is 64.2 Å². The van der Waals surface area contributed by atoms with Crippen molar-refractivity contribution in [2.45, 2.75) is 115 Å². The lowest BCUT2D eigenvalue weighted by molar-refractivity contribution is -0.130. The molecule has 0 aliphatic rings. The van der Waals surface area contributed by atoms with Crippen LogP contribution in [0.15, 0.2) is 36.5 Å². The first-order chi connectivity index (χ1) is 17.1. The van der Waals surface area contributed by atoms with Crippen molar-refractivity contribution < 1.29 is 20.1 Å². The van der Waals surface area contributed by atoms with Crippen molar-refractivity contribution in [3.05, 3.63) is 36.5 Å². The van der Waals surface area contributed by atoms with Crippen LogP contribution in [-0.2, 0) is 4.79 Å². The van der Waals surface area contributed by atoms with Crippen LogP contribution in [0.4, 0.5) is 0 Å². The molecular formula is C31H44O4. The Balaban J connectivity index is 3.47. The van der Waals surface area contributed by atoms with Crippen LogP contribution in [0.3, 0.4) is 0 Å². The predicted molar refractivity (Wildman–Crippen MR) is 145 cm³/mol. The van der Waals surface area contributed by atoms with Gasteiger partial charge in [0.2, 0.25) is 0 Å². The Kier molecular flexibility index (Phi) is 23.9. The molecule has 4 nitrogen and oxygen atoms in total. The maximum absolute atomic E-state index is 10.2. The maximum atomic E-state index is 10.2. The van der Waals surface area contributed by atoms with E-state index in [9.17, 15) is 15.0 Å². The first-order valence-electron chi connectivity index (χ1n) is 13.1. The molecule has 0 heterocycles. The monoisotopic (exact) mass is 480 g/mol. The number of unbranched alkanes of at least 4 members (excludes halogenated alkanes) is 13. The van der Waals surface area contributed by atoms with Gasteiger partial charge < -0.3 is 15.3 Å². The molecule has 0 saturated heterocycles. The van der Waals surface area contributed by atoms with Crippen molar-refractivity contribution >= 4 is 5.97 Å². The van der Waals surface area contributed by atoms with Gasteiger partial charge in [-0.2, -0.15) is 0 Å². The molecule has 192 valence electrons. The minimum atomic E-state index is -1.09. The van der Waals surface area contributed by atoms with Crippen LogP contribution in [0.25, 0.3) is 0 Å². The molecule has 2 unspecified atom stereocenters. The molecule has 0 aromatic carbocycles. The second-order valence-corrected chi connectivity index (χ2v) is 8.62. The first-order valence-corrected chi connectivity index (χ1v) is 13.1. The SMILES string of the molecule is C#CC(O)C=CCCCCCC#CC=CC(O)CCCCCCCCCCCC=CC#CC(=O)O. The number of aliphatic hydroxyl groups excluding tert-OH is 2. The van der Waals surface area contributed by atoms with E-state index >= 15 is 0 Å². The quantitative estimate of drug-likeness (QED) is 0.114. The summed E-state index contributed by atoms with van der Waals surface area (Å²) in [5.74, 6) is 11.8. The van der Waals surface area contributed by atoms with Gasteiger partial charge in [0.05, 0.1) is 6.10 Å². The highest BCUT2D eigenvalue weighted by molar-refractivity contribution is 5.86. The zero-order chi connectivity index (χ0) is 25.8. The van der Waals surface area contributed by atoms with Crippen molar-refractivity contribution in [1.29, 1.82) is 0 Å². The molecule has 0 saturated carbocycles. The lowest BCUT2D eigenvalue weighted by Crippen LogP contribution is -2.01. The number of carboxylic acid groups (broad SMARTS) is 1. The number of rotatable bonds is 19. The summed E-state index contributed by atoms with van der Waals surface area (Å²) >= 11 is 0. The highest BCUT2D eigenvalue weighted by atomic mass is 16.4. The number of carboxylic acids is 1. The van der Waals surface area contributed by atoms with Crippen molar-refractivity contribution in [1.82, 2.24) is 0 Å². The number of hydrogen-bond donors (Lipinski definition) is 3. The van der Waals surface area contributed by atoms with Crippen molar-refractivity contribution in [2.24, 2.45) is 0 Å². The second kappa shape index (κ2) is 25.9. The Morgan fingerprint density at radius 3 is 2.00 bits per heavy atom. The summed E-state index contributed by atoms with van der Waals surface area (Å²) in [6.07, 6.45) is 32.2. The fourth-order valence-corrected chi connectivity index (χ4v) is 3.42. The largest absolute Gasteiger partial charge is 0.472 e. The summed E-state index contributed by atoms with van der Waals surface area (Å²) in [4.78, 5) is 10.2. The third kappa shape index (κ3) is 27.4. The second-order valence-electron chi connectivity index (χ2n) is 8.62. The van der Waals surface area contributed by atoms with Gasteiger partial charge >= 0.3 is 5.97 Å². The summed E-state index contributed by atoms with van der Waals surface area (Å²) in [5.41, 5.74) is 0. The molecular weight excluding hydrogens is 436 g/mol. The molecule has 0 aromatic heterocycles. The number of aliphatic hydroxyl groups is 2. The molecule has 0 bridgehead atoms. The zero-order valence-electron chi connectivity index (χ0n) is 21.3. The van der Waals surface area contributed by atoms with Gasteiger partial charge in [-0.25, -0.2) is 4.79 Å². The van der Waals surface area contributed by atoms with Crippen LogP contribution in [0.2, 0.25) is 0 Å². The van der Waals surface area contributed by atoms with E-state index in [1.165, 1.54) is 38.5 Å². The fraction of sp³-hybridized carbons (Fsp3) is 0.581. The number of hydrogen-bond acceptors (Lipinski definition) is 3. The molecule has 3 N–H and O–H groups in total. The van der Waals surface area contributed by atoms with Crippen LogP contribution in [-0.4, -0.2) is 33.5 Å². The van der Waals surface area contributed by atoms with Crippen LogP contribution in [0, 0.1) is 36.0 Å². The van der Waals surface area contributed by atoms with Crippen LogP contribution >= 0.6 is 0 Å². The van der Waals surface area contributed by atoms with Crippen LogP contribution in [0.1, 0.15) is 103 Å². The average molecular weight is 481 g/mol. The molecule has 0 aliphatic carbocycles. The van der Waals surface area contributed by atoms with Crippen molar-refractivity contribution in [3.8, 4) is 36.0 Å². The molecule has 0 aliphatic heterocycles. The number of terminal acetylenes is 1. The van der Waals surface area contributed by atoms with Gasteiger partial charge in [-0.3, -0.25) is 0 Å². The molecule has 35 heavy (non-hydrogen) atoms. The van der Waals surface area contributed by atoms with Gasteiger partial charge in [0, 0.05) is 12.3 Å². The van der Waals surface area contributed by atoms with Gasteiger partial charge in [0.25, 0.3) is 0 Å². The topological polar surface area (TPSA) is 77.8 Å². The summed E-state index contributed by atoms with van der Waals surface area (Å²) in [5, 5.41) is 27.6. The molecule has 0 aromatic rings. The van der Waals surface area contributed by atoms with E-state index in [0.29, 0.717) is 0 Å². The molecule has 2 atom stereocenters. The van der Waals surface area contributed by atoms with Gasteiger partial charge in [-0.1, -0.05) is 93.6 Å². The van der Waals surface area contributed by atoms with Gasteiger partial charge in [-0.05, 0) is 62.8 Å². The third-order valence-electron chi connectivity index (χ3n) is 5.42. The summed E-state index contributed by atoms with van der Waals surface area (Å²) < 4.78 is 0. The van der Waals surface area contributed by atoms with E-state index in [4.69, 9.17) is 11.5 Å². The van der Waals surface area contributed by atoms with E-state index in [1.807, 2.05) is 12.2 Å². The van der Waals surface area contributed by atoms with E-state index in [1.54, 1.807) is 24.3 Å². The Morgan fingerprint density at radius 1 is 0.743 bits per heavy atom. The minimum Gasteiger partial charge on any atom is -0.472 e. The van der Waals surface area contributed by atoms with Gasteiger partial charge in [-0.15, -0.1) is 6.42 Å². The lowest BCUT2D eigenvalue weighted by Gasteiger charge is -2.05. The molecule has 4 heteroatoms.